The van der Waals surface area contributed by atoms with Crippen LogP contribution in [0.15, 0.2) is 17.5 Å². The second-order valence-corrected chi connectivity index (χ2v) is 5.48. The van der Waals surface area contributed by atoms with E-state index in [1.807, 2.05) is 18.5 Å². The highest BCUT2D eigenvalue weighted by Crippen LogP contribution is 2.31. The summed E-state index contributed by atoms with van der Waals surface area (Å²) in [6, 6.07) is 1.92. The maximum atomic E-state index is 11.8. The van der Waals surface area contributed by atoms with Gasteiger partial charge in [0, 0.05) is 23.9 Å². The zero-order valence-corrected chi connectivity index (χ0v) is 10.9. The normalized spacial score (nSPS) is 14.9. The molecule has 1 aromatic rings. The largest absolute Gasteiger partial charge is 0.478 e. The molecule has 0 spiro atoms. The van der Waals surface area contributed by atoms with Gasteiger partial charge in [0.2, 0.25) is 5.91 Å². The predicted octanol–water partition coefficient (Wildman–Crippen LogP) is 2.21. The molecule has 0 aliphatic heterocycles. The van der Waals surface area contributed by atoms with Crippen LogP contribution in [0.25, 0.3) is 6.08 Å². The number of aliphatic carboxylic acids is 1. The SMILES string of the molecule is CN(Cc1cc(/C=C/C(=O)O)cs1)C(=O)C1CC1. The summed E-state index contributed by atoms with van der Waals surface area (Å²) in [6.45, 7) is 0.598. The van der Waals surface area contributed by atoms with Gasteiger partial charge in [0.05, 0.1) is 6.54 Å². The number of rotatable bonds is 5. The molecular weight excluding hydrogens is 250 g/mol. The Hall–Kier alpha value is -1.62. The van der Waals surface area contributed by atoms with Gasteiger partial charge < -0.3 is 10.0 Å². The van der Waals surface area contributed by atoms with Gasteiger partial charge in [-0.25, -0.2) is 4.79 Å². The van der Waals surface area contributed by atoms with Gasteiger partial charge in [0.15, 0.2) is 0 Å². The number of thiophene rings is 1. The predicted molar refractivity (Wildman–Crippen MR) is 70.2 cm³/mol. The van der Waals surface area contributed by atoms with Crippen molar-refractivity contribution >= 4 is 29.3 Å². The molecule has 1 aromatic heterocycles. The highest BCUT2D eigenvalue weighted by molar-refractivity contribution is 7.10. The Balaban J connectivity index is 1.93. The first-order chi connectivity index (χ1) is 8.56. The number of carboxylic acid groups (broad SMARTS) is 1. The summed E-state index contributed by atoms with van der Waals surface area (Å²) in [4.78, 5) is 25.0. The molecule has 96 valence electrons. The fraction of sp³-hybridized carbons (Fsp3) is 0.385. The third kappa shape index (κ3) is 3.43. The minimum Gasteiger partial charge on any atom is -0.478 e. The molecule has 2 rings (SSSR count). The van der Waals surface area contributed by atoms with Crippen molar-refractivity contribution in [3.8, 4) is 0 Å². The number of nitrogens with zero attached hydrogens (tertiary/aromatic N) is 1. The molecule has 1 heterocycles. The van der Waals surface area contributed by atoms with E-state index in [2.05, 4.69) is 0 Å². The third-order valence-corrected chi connectivity index (χ3v) is 3.73. The second kappa shape index (κ2) is 5.35. The van der Waals surface area contributed by atoms with Gasteiger partial charge in [-0.05, 0) is 35.9 Å². The van der Waals surface area contributed by atoms with Crippen LogP contribution >= 0.6 is 11.3 Å². The molecule has 4 nitrogen and oxygen atoms in total. The van der Waals surface area contributed by atoms with Gasteiger partial charge >= 0.3 is 5.97 Å². The maximum absolute atomic E-state index is 11.8. The minimum atomic E-state index is -0.955. The Kier molecular flexibility index (Phi) is 3.81. The van der Waals surface area contributed by atoms with Crippen LogP contribution in [0.2, 0.25) is 0 Å². The number of carboxylic acids is 1. The average Bonchev–Trinajstić information content (AvgIpc) is 3.07. The van der Waals surface area contributed by atoms with Gasteiger partial charge in [-0.3, -0.25) is 4.79 Å². The van der Waals surface area contributed by atoms with E-state index in [1.165, 1.54) is 0 Å². The van der Waals surface area contributed by atoms with E-state index in [1.54, 1.807) is 22.3 Å². The van der Waals surface area contributed by atoms with Crippen molar-refractivity contribution in [1.29, 1.82) is 0 Å². The van der Waals surface area contributed by atoms with E-state index in [9.17, 15) is 9.59 Å². The standard InChI is InChI=1S/C13H15NO3S/c1-14(13(17)10-3-4-10)7-11-6-9(8-18-11)2-5-12(15)16/h2,5-6,8,10H,3-4,7H2,1H3,(H,15,16)/b5-2+. The number of carbonyl (C=O) groups is 2. The van der Waals surface area contributed by atoms with Crippen molar-refractivity contribution in [2.24, 2.45) is 5.92 Å². The monoisotopic (exact) mass is 265 g/mol. The molecular formula is C13H15NO3S. The van der Waals surface area contributed by atoms with Crippen molar-refractivity contribution in [1.82, 2.24) is 4.90 Å². The summed E-state index contributed by atoms with van der Waals surface area (Å²) >= 11 is 1.54. The smallest absolute Gasteiger partial charge is 0.328 e. The first-order valence-corrected chi connectivity index (χ1v) is 6.67. The van der Waals surface area contributed by atoms with E-state index >= 15 is 0 Å². The van der Waals surface area contributed by atoms with Gasteiger partial charge in [-0.15, -0.1) is 11.3 Å². The van der Waals surface area contributed by atoms with E-state index < -0.39 is 5.97 Å². The van der Waals surface area contributed by atoms with Crippen molar-refractivity contribution < 1.29 is 14.7 Å². The lowest BCUT2D eigenvalue weighted by Crippen LogP contribution is -2.27. The summed E-state index contributed by atoms with van der Waals surface area (Å²) < 4.78 is 0. The zero-order chi connectivity index (χ0) is 13.1. The summed E-state index contributed by atoms with van der Waals surface area (Å²) in [5.41, 5.74) is 0.865. The summed E-state index contributed by atoms with van der Waals surface area (Å²) in [7, 11) is 1.81. The van der Waals surface area contributed by atoms with Crippen LogP contribution in [-0.2, 0) is 16.1 Å². The lowest BCUT2D eigenvalue weighted by molar-refractivity contribution is -0.132. The number of hydrogen-bond acceptors (Lipinski definition) is 3. The molecule has 1 N–H and O–H groups in total. The van der Waals surface area contributed by atoms with Crippen LogP contribution in [-0.4, -0.2) is 28.9 Å². The Morgan fingerprint density at radius 3 is 2.89 bits per heavy atom. The van der Waals surface area contributed by atoms with Crippen LogP contribution < -0.4 is 0 Å². The van der Waals surface area contributed by atoms with Crippen LogP contribution in [0.3, 0.4) is 0 Å². The fourth-order valence-electron chi connectivity index (χ4n) is 1.69. The van der Waals surface area contributed by atoms with Gasteiger partial charge in [-0.1, -0.05) is 0 Å². The molecule has 1 aliphatic rings. The molecule has 1 amide bonds. The molecule has 0 saturated heterocycles. The van der Waals surface area contributed by atoms with Crippen LogP contribution in [0.1, 0.15) is 23.3 Å². The van der Waals surface area contributed by atoms with E-state index in [-0.39, 0.29) is 11.8 Å². The molecule has 0 atom stereocenters. The quantitative estimate of drug-likeness (QED) is 0.830. The molecule has 5 heteroatoms. The second-order valence-electron chi connectivity index (χ2n) is 4.49. The van der Waals surface area contributed by atoms with Crippen LogP contribution in [0.5, 0.6) is 0 Å². The first kappa shape index (κ1) is 12.8. The molecule has 0 aromatic carbocycles. The summed E-state index contributed by atoms with van der Waals surface area (Å²) in [6.07, 6.45) is 4.70. The Bertz CT molecular complexity index is 488. The number of carbonyl (C=O) groups excluding carboxylic acids is 1. The summed E-state index contributed by atoms with van der Waals surface area (Å²) in [5, 5.41) is 10.4. The van der Waals surface area contributed by atoms with Crippen molar-refractivity contribution in [2.75, 3.05) is 7.05 Å². The highest BCUT2D eigenvalue weighted by atomic mass is 32.1. The molecule has 0 radical (unpaired) electrons. The maximum Gasteiger partial charge on any atom is 0.328 e. The Morgan fingerprint density at radius 1 is 1.56 bits per heavy atom. The minimum absolute atomic E-state index is 0.214. The summed E-state index contributed by atoms with van der Waals surface area (Å²) in [5.74, 6) is -0.504. The molecule has 1 fully saturated rings. The fourth-order valence-corrected chi connectivity index (χ4v) is 2.60. The van der Waals surface area contributed by atoms with E-state index in [0.29, 0.717) is 6.54 Å². The number of amides is 1. The first-order valence-electron chi connectivity index (χ1n) is 5.79. The lowest BCUT2D eigenvalue weighted by Gasteiger charge is -2.15. The molecule has 1 saturated carbocycles. The molecule has 1 aliphatic carbocycles. The van der Waals surface area contributed by atoms with Gasteiger partial charge in [0.25, 0.3) is 0 Å². The topological polar surface area (TPSA) is 57.6 Å². The lowest BCUT2D eigenvalue weighted by atomic mass is 10.2. The zero-order valence-electron chi connectivity index (χ0n) is 10.1. The van der Waals surface area contributed by atoms with E-state index in [0.717, 1.165) is 29.4 Å². The van der Waals surface area contributed by atoms with Crippen molar-refractivity contribution in [3.05, 3.63) is 28.0 Å². The van der Waals surface area contributed by atoms with Crippen molar-refractivity contribution in [2.45, 2.75) is 19.4 Å². The Labute approximate surface area is 110 Å². The van der Waals surface area contributed by atoms with Crippen LogP contribution in [0.4, 0.5) is 0 Å². The van der Waals surface area contributed by atoms with Crippen LogP contribution in [0, 0.1) is 5.92 Å². The van der Waals surface area contributed by atoms with Gasteiger partial charge in [-0.2, -0.15) is 0 Å². The molecule has 18 heavy (non-hydrogen) atoms. The highest BCUT2D eigenvalue weighted by Gasteiger charge is 2.31. The molecule has 0 bridgehead atoms. The van der Waals surface area contributed by atoms with E-state index in [4.69, 9.17) is 5.11 Å². The third-order valence-electron chi connectivity index (χ3n) is 2.79. The average molecular weight is 265 g/mol. The number of hydrogen-bond donors (Lipinski definition) is 1. The van der Waals surface area contributed by atoms with Crippen molar-refractivity contribution in [3.63, 3.8) is 0 Å². The Morgan fingerprint density at radius 2 is 2.28 bits per heavy atom. The molecule has 0 unspecified atom stereocenters. The van der Waals surface area contributed by atoms with Gasteiger partial charge in [0.1, 0.15) is 0 Å².